The van der Waals surface area contributed by atoms with Gasteiger partial charge in [-0.1, -0.05) is 0 Å². The smallest absolute Gasteiger partial charge is 0.220 e. The third kappa shape index (κ3) is 5.44. The molecule has 0 bridgehead atoms. The van der Waals surface area contributed by atoms with Gasteiger partial charge in [0.15, 0.2) is 0 Å². The molecule has 0 spiro atoms. The number of unbranched alkanes of at least 4 members (excludes halogenated alkanes) is 1. The number of thioether (sulfide) groups is 1. The Balaban J connectivity index is 2.10. The third-order valence-electron chi connectivity index (χ3n) is 3.16. The lowest BCUT2D eigenvalue weighted by molar-refractivity contribution is -0.122. The maximum atomic E-state index is 11.6. The molecule has 0 aromatic carbocycles. The molecule has 16 heavy (non-hydrogen) atoms. The van der Waals surface area contributed by atoms with Crippen molar-refractivity contribution < 1.29 is 4.79 Å². The van der Waals surface area contributed by atoms with Crippen LogP contribution in [0.25, 0.3) is 0 Å². The Hall–Kier alpha value is 0.110. The molecule has 0 aromatic heterocycles. The number of hydrogen-bond acceptors (Lipinski definition) is 2. The van der Waals surface area contributed by atoms with E-state index < -0.39 is 0 Å². The highest BCUT2D eigenvalue weighted by molar-refractivity contribution is 7.99. The van der Waals surface area contributed by atoms with Crippen LogP contribution in [-0.2, 0) is 4.79 Å². The van der Waals surface area contributed by atoms with Gasteiger partial charge in [0.2, 0.25) is 5.91 Å². The number of carbonyl (C=O) groups is 1. The average Bonchev–Trinajstić information content (AvgIpc) is 2.30. The minimum Gasteiger partial charge on any atom is -0.353 e. The van der Waals surface area contributed by atoms with Gasteiger partial charge >= 0.3 is 0 Å². The summed E-state index contributed by atoms with van der Waals surface area (Å²) in [6, 6.07) is 0.423. The van der Waals surface area contributed by atoms with E-state index in [0.717, 1.165) is 30.9 Å². The van der Waals surface area contributed by atoms with Crippen molar-refractivity contribution in [3.63, 3.8) is 0 Å². The summed E-state index contributed by atoms with van der Waals surface area (Å²) in [4.78, 5) is 11.6. The van der Waals surface area contributed by atoms with Crippen molar-refractivity contribution >= 4 is 29.3 Å². The normalized spacial score (nSPS) is 25.4. The molecule has 4 heteroatoms. The van der Waals surface area contributed by atoms with E-state index in [-0.39, 0.29) is 5.91 Å². The summed E-state index contributed by atoms with van der Waals surface area (Å²) >= 11 is 7.53. The summed E-state index contributed by atoms with van der Waals surface area (Å²) in [7, 11) is 0. The van der Waals surface area contributed by atoms with Crippen LogP contribution >= 0.6 is 23.4 Å². The number of rotatable bonds is 6. The largest absolute Gasteiger partial charge is 0.353 e. The summed E-state index contributed by atoms with van der Waals surface area (Å²) in [6.45, 7) is 0. The van der Waals surface area contributed by atoms with Gasteiger partial charge in [0, 0.05) is 23.6 Å². The van der Waals surface area contributed by atoms with E-state index in [0.29, 0.717) is 18.3 Å². The zero-order valence-corrected chi connectivity index (χ0v) is 11.6. The van der Waals surface area contributed by atoms with Crippen molar-refractivity contribution in [1.82, 2.24) is 5.32 Å². The van der Waals surface area contributed by atoms with Crippen molar-refractivity contribution in [2.75, 3.05) is 12.1 Å². The van der Waals surface area contributed by atoms with Crippen molar-refractivity contribution in [2.45, 2.75) is 56.2 Å². The fraction of sp³-hybridized carbons (Fsp3) is 0.917. The molecule has 1 rings (SSSR count). The van der Waals surface area contributed by atoms with E-state index in [4.69, 9.17) is 11.6 Å². The van der Waals surface area contributed by atoms with E-state index in [1.165, 1.54) is 12.8 Å². The quantitative estimate of drug-likeness (QED) is 0.589. The lowest BCUT2D eigenvalue weighted by Gasteiger charge is -2.28. The highest BCUT2D eigenvalue weighted by Crippen LogP contribution is 2.26. The second-order valence-corrected chi connectivity index (χ2v) is 5.94. The van der Waals surface area contributed by atoms with E-state index in [1.807, 2.05) is 11.8 Å². The van der Waals surface area contributed by atoms with Crippen LogP contribution in [0.2, 0.25) is 0 Å². The lowest BCUT2D eigenvalue weighted by atomic mass is 9.95. The molecule has 1 fully saturated rings. The molecule has 1 saturated carbocycles. The molecule has 0 radical (unpaired) electrons. The lowest BCUT2D eigenvalue weighted by Crippen LogP contribution is -2.37. The molecule has 0 atom stereocenters. The van der Waals surface area contributed by atoms with Crippen LogP contribution < -0.4 is 5.32 Å². The Morgan fingerprint density at radius 1 is 1.31 bits per heavy atom. The number of amides is 1. The Kier molecular flexibility index (Phi) is 7.30. The van der Waals surface area contributed by atoms with Crippen LogP contribution in [-0.4, -0.2) is 29.3 Å². The predicted octanol–water partition coefficient (Wildman–Crippen LogP) is 3.19. The zero-order chi connectivity index (χ0) is 11.8. The van der Waals surface area contributed by atoms with Crippen molar-refractivity contribution in [3.05, 3.63) is 0 Å². The molecule has 0 aromatic rings. The van der Waals surface area contributed by atoms with Gasteiger partial charge in [0.1, 0.15) is 0 Å². The van der Waals surface area contributed by atoms with Crippen molar-refractivity contribution in [1.29, 1.82) is 0 Å². The van der Waals surface area contributed by atoms with E-state index >= 15 is 0 Å². The van der Waals surface area contributed by atoms with Crippen LogP contribution in [0.3, 0.4) is 0 Å². The van der Waals surface area contributed by atoms with Gasteiger partial charge < -0.3 is 5.32 Å². The van der Waals surface area contributed by atoms with Gasteiger partial charge in [0.05, 0.1) is 0 Å². The van der Waals surface area contributed by atoms with Crippen LogP contribution in [0.1, 0.15) is 44.9 Å². The first-order valence-corrected chi connectivity index (χ1v) is 7.96. The standard InChI is InChI=1S/C12H22ClNOS/c1-16-11-7-5-10(6-8-11)14-12(15)4-2-3-9-13/h10-11H,2-9H2,1H3,(H,14,15). The molecule has 1 amide bonds. The minimum atomic E-state index is 0.206. The number of alkyl halides is 1. The maximum absolute atomic E-state index is 11.6. The predicted molar refractivity (Wildman–Crippen MR) is 72.3 cm³/mol. The van der Waals surface area contributed by atoms with Crippen molar-refractivity contribution in [2.24, 2.45) is 0 Å². The molecule has 1 aliphatic carbocycles. The SMILES string of the molecule is CSC1CCC(NC(=O)CCCCCl)CC1. The van der Waals surface area contributed by atoms with Gasteiger partial charge in [-0.2, -0.15) is 11.8 Å². The van der Waals surface area contributed by atoms with Crippen LogP contribution in [0.4, 0.5) is 0 Å². The topological polar surface area (TPSA) is 29.1 Å². The van der Waals surface area contributed by atoms with E-state index in [1.54, 1.807) is 0 Å². The first-order valence-electron chi connectivity index (χ1n) is 6.14. The molecule has 94 valence electrons. The average molecular weight is 264 g/mol. The Morgan fingerprint density at radius 2 is 2.00 bits per heavy atom. The van der Waals surface area contributed by atoms with Gasteiger partial charge in [-0.15, -0.1) is 11.6 Å². The highest BCUT2D eigenvalue weighted by Gasteiger charge is 2.21. The second-order valence-electron chi connectivity index (χ2n) is 4.42. The summed E-state index contributed by atoms with van der Waals surface area (Å²) in [5.74, 6) is 0.865. The molecule has 0 unspecified atom stereocenters. The van der Waals surface area contributed by atoms with E-state index in [2.05, 4.69) is 11.6 Å². The zero-order valence-electron chi connectivity index (χ0n) is 10.0. The van der Waals surface area contributed by atoms with Gasteiger partial charge in [-0.05, 0) is 44.8 Å². The molecule has 0 heterocycles. The Bertz CT molecular complexity index is 205. The maximum Gasteiger partial charge on any atom is 0.220 e. The summed E-state index contributed by atoms with van der Waals surface area (Å²) in [5, 5.41) is 3.94. The molecule has 1 N–H and O–H groups in total. The minimum absolute atomic E-state index is 0.206. The number of hydrogen-bond donors (Lipinski definition) is 1. The number of halogens is 1. The molecular weight excluding hydrogens is 242 g/mol. The highest BCUT2D eigenvalue weighted by atomic mass is 35.5. The van der Waals surface area contributed by atoms with E-state index in [9.17, 15) is 4.79 Å². The Morgan fingerprint density at radius 3 is 2.56 bits per heavy atom. The molecule has 1 aliphatic rings. The number of nitrogens with one attached hydrogen (secondary N) is 1. The molecular formula is C12H22ClNOS. The summed E-state index contributed by atoms with van der Waals surface area (Å²) in [5.41, 5.74) is 0. The first-order chi connectivity index (χ1) is 7.76. The Labute approximate surface area is 108 Å². The van der Waals surface area contributed by atoms with Crippen molar-refractivity contribution in [3.8, 4) is 0 Å². The second kappa shape index (κ2) is 8.24. The first kappa shape index (κ1) is 14.2. The fourth-order valence-electron chi connectivity index (χ4n) is 2.12. The molecule has 0 aliphatic heterocycles. The molecule has 0 saturated heterocycles. The van der Waals surface area contributed by atoms with Crippen LogP contribution in [0.15, 0.2) is 0 Å². The van der Waals surface area contributed by atoms with Gasteiger partial charge in [-0.25, -0.2) is 0 Å². The number of carbonyl (C=O) groups excluding carboxylic acids is 1. The fourth-order valence-corrected chi connectivity index (χ4v) is 3.06. The van der Waals surface area contributed by atoms with Gasteiger partial charge in [-0.3, -0.25) is 4.79 Å². The summed E-state index contributed by atoms with van der Waals surface area (Å²) in [6.07, 6.45) is 9.44. The summed E-state index contributed by atoms with van der Waals surface area (Å²) < 4.78 is 0. The molecule has 2 nitrogen and oxygen atoms in total. The monoisotopic (exact) mass is 263 g/mol. The third-order valence-corrected chi connectivity index (χ3v) is 4.57. The van der Waals surface area contributed by atoms with Gasteiger partial charge in [0.25, 0.3) is 0 Å². The van der Waals surface area contributed by atoms with Crippen LogP contribution in [0, 0.1) is 0 Å². The van der Waals surface area contributed by atoms with Crippen LogP contribution in [0.5, 0.6) is 0 Å².